The van der Waals surface area contributed by atoms with Crippen molar-refractivity contribution in [3.05, 3.63) is 22.4 Å². The third-order valence-electron chi connectivity index (χ3n) is 1.70. The van der Waals surface area contributed by atoms with Crippen LogP contribution in [0.2, 0.25) is 0 Å². The van der Waals surface area contributed by atoms with Crippen molar-refractivity contribution in [1.82, 2.24) is 0 Å². The van der Waals surface area contributed by atoms with Crippen LogP contribution in [-0.2, 0) is 0 Å². The molecule has 1 aromatic carbocycles. The largest absolute Gasteiger partial charge is 0.383 e. The molecule has 1 nitrogen and oxygen atoms in total. The molecule has 4 heteroatoms. The fraction of sp³-hybridized carbons (Fsp3) is 0.250. The maximum absolute atomic E-state index is 13.0. The van der Waals surface area contributed by atoms with Gasteiger partial charge in [0.25, 0.3) is 0 Å². The van der Waals surface area contributed by atoms with Crippen LogP contribution in [0.15, 0.2) is 21.5 Å². The van der Waals surface area contributed by atoms with E-state index in [1.165, 1.54) is 6.07 Å². The third-order valence-corrected chi connectivity index (χ3v) is 3.36. The molecular formula is C8H7BrFNS. The summed E-state index contributed by atoms with van der Waals surface area (Å²) in [4.78, 5) is 1.12. The summed E-state index contributed by atoms with van der Waals surface area (Å²) in [7, 11) is 0. The molecule has 0 amide bonds. The van der Waals surface area contributed by atoms with Crippen LogP contribution in [0, 0.1) is 5.82 Å². The quantitative estimate of drug-likeness (QED) is 0.757. The van der Waals surface area contributed by atoms with Gasteiger partial charge in [0.05, 0.1) is 10.2 Å². The molecule has 1 aromatic rings. The Hall–Kier alpha value is -0.220. The summed E-state index contributed by atoms with van der Waals surface area (Å²) in [5, 5.41) is 3.15. The smallest absolute Gasteiger partial charge is 0.139 e. The summed E-state index contributed by atoms with van der Waals surface area (Å²) in [5.41, 5.74) is 0.909. The Balaban J connectivity index is 2.49. The van der Waals surface area contributed by atoms with E-state index < -0.39 is 0 Å². The summed E-state index contributed by atoms with van der Waals surface area (Å²) < 4.78 is 13.5. The first-order chi connectivity index (χ1) is 5.77. The number of halogens is 2. The maximum Gasteiger partial charge on any atom is 0.139 e. The number of hydrogen-bond donors (Lipinski definition) is 1. The van der Waals surface area contributed by atoms with Gasteiger partial charge in [0.1, 0.15) is 5.82 Å². The fourth-order valence-electron chi connectivity index (χ4n) is 1.13. The van der Waals surface area contributed by atoms with Crippen molar-refractivity contribution in [2.45, 2.75) is 4.90 Å². The van der Waals surface area contributed by atoms with Crippen LogP contribution < -0.4 is 5.32 Å². The molecule has 0 atom stereocenters. The number of nitrogens with one attached hydrogen (secondary N) is 1. The van der Waals surface area contributed by atoms with E-state index in [9.17, 15) is 4.39 Å². The number of fused-ring (bicyclic) bond motifs is 1. The number of anilines is 1. The van der Waals surface area contributed by atoms with Gasteiger partial charge >= 0.3 is 0 Å². The summed E-state index contributed by atoms with van der Waals surface area (Å²) >= 11 is 4.91. The lowest BCUT2D eigenvalue weighted by Crippen LogP contribution is -2.10. The monoisotopic (exact) mass is 247 g/mol. The van der Waals surface area contributed by atoms with Gasteiger partial charge in [-0.1, -0.05) is 0 Å². The van der Waals surface area contributed by atoms with Gasteiger partial charge in [-0.05, 0) is 28.1 Å². The molecule has 2 rings (SSSR count). The molecular weight excluding hydrogens is 241 g/mol. The van der Waals surface area contributed by atoms with Gasteiger partial charge in [0.2, 0.25) is 0 Å². The van der Waals surface area contributed by atoms with Crippen molar-refractivity contribution >= 4 is 33.4 Å². The van der Waals surface area contributed by atoms with E-state index in [1.54, 1.807) is 11.8 Å². The summed E-state index contributed by atoms with van der Waals surface area (Å²) in [6, 6.07) is 3.35. The van der Waals surface area contributed by atoms with Crippen molar-refractivity contribution < 1.29 is 4.39 Å². The summed E-state index contributed by atoms with van der Waals surface area (Å²) in [5.74, 6) is 0.842. The first kappa shape index (κ1) is 8.38. The number of hydrogen-bond acceptors (Lipinski definition) is 2. The zero-order valence-electron chi connectivity index (χ0n) is 6.23. The van der Waals surface area contributed by atoms with Gasteiger partial charge in [-0.25, -0.2) is 4.39 Å². The van der Waals surface area contributed by atoms with Crippen molar-refractivity contribution in [3.63, 3.8) is 0 Å². The first-order valence-electron chi connectivity index (χ1n) is 3.63. The lowest BCUT2D eigenvalue weighted by atomic mass is 10.3. The Bertz CT molecular complexity index is 285. The highest BCUT2D eigenvalue weighted by atomic mass is 79.9. The Morgan fingerprint density at radius 3 is 3.17 bits per heavy atom. The molecule has 0 bridgehead atoms. The van der Waals surface area contributed by atoms with E-state index in [0.717, 1.165) is 22.9 Å². The average Bonchev–Trinajstić information content (AvgIpc) is 2.07. The minimum atomic E-state index is -0.205. The Kier molecular flexibility index (Phi) is 2.28. The lowest BCUT2D eigenvalue weighted by molar-refractivity contribution is 0.620. The third kappa shape index (κ3) is 1.45. The van der Waals surface area contributed by atoms with Gasteiger partial charge in [0, 0.05) is 17.2 Å². The molecule has 64 valence electrons. The van der Waals surface area contributed by atoms with E-state index in [0.29, 0.717) is 4.47 Å². The Morgan fingerprint density at radius 2 is 2.33 bits per heavy atom. The molecule has 1 aliphatic heterocycles. The van der Waals surface area contributed by atoms with Crippen LogP contribution in [-0.4, -0.2) is 12.3 Å². The van der Waals surface area contributed by atoms with Crippen LogP contribution in [0.3, 0.4) is 0 Å². The van der Waals surface area contributed by atoms with Gasteiger partial charge in [0.15, 0.2) is 0 Å². The van der Waals surface area contributed by atoms with Gasteiger partial charge in [-0.3, -0.25) is 0 Å². The standard InChI is InChI=1S/C8H7BrFNS/c9-5-3-8-7(4-6(5)10)11-1-2-12-8/h3-4,11H,1-2H2. The van der Waals surface area contributed by atoms with Crippen molar-refractivity contribution in [2.75, 3.05) is 17.6 Å². The highest BCUT2D eigenvalue weighted by molar-refractivity contribution is 9.10. The van der Waals surface area contributed by atoms with E-state index in [-0.39, 0.29) is 5.82 Å². The molecule has 0 spiro atoms. The van der Waals surface area contributed by atoms with Gasteiger partial charge in [-0.2, -0.15) is 0 Å². The Morgan fingerprint density at radius 1 is 1.50 bits per heavy atom. The molecule has 0 radical (unpaired) electrons. The molecule has 1 N–H and O–H groups in total. The first-order valence-corrected chi connectivity index (χ1v) is 5.41. The van der Waals surface area contributed by atoms with Crippen LogP contribution >= 0.6 is 27.7 Å². The molecule has 12 heavy (non-hydrogen) atoms. The summed E-state index contributed by atoms with van der Waals surface area (Å²) in [6.07, 6.45) is 0. The second-order valence-electron chi connectivity index (χ2n) is 2.54. The summed E-state index contributed by atoms with van der Waals surface area (Å²) in [6.45, 7) is 0.915. The van der Waals surface area contributed by atoms with Crippen molar-refractivity contribution in [1.29, 1.82) is 0 Å². The normalized spacial score (nSPS) is 15.2. The van der Waals surface area contributed by atoms with E-state index >= 15 is 0 Å². The zero-order chi connectivity index (χ0) is 8.55. The van der Waals surface area contributed by atoms with E-state index in [4.69, 9.17) is 0 Å². The molecule has 1 heterocycles. The number of thioether (sulfide) groups is 1. The number of benzene rings is 1. The SMILES string of the molecule is Fc1cc2c(cc1Br)SCCN2. The van der Waals surface area contributed by atoms with Crippen molar-refractivity contribution in [3.8, 4) is 0 Å². The van der Waals surface area contributed by atoms with Crippen LogP contribution in [0.25, 0.3) is 0 Å². The highest BCUT2D eigenvalue weighted by Crippen LogP contribution is 2.34. The molecule has 0 fully saturated rings. The highest BCUT2D eigenvalue weighted by Gasteiger charge is 2.11. The van der Waals surface area contributed by atoms with Gasteiger partial charge in [-0.15, -0.1) is 11.8 Å². The molecule has 0 aliphatic carbocycles. The van der Waals surface area contributed by atoms with Gasteiger partial charge < -0.3 is 5.32 Å². The predicted molar refractivity (Wildman–Crippen MR) is 53.3 cm³/mol. The van der Waals surface area contributed by atoms with Crippen molar-refractivity contribution in [2.24, 2.45) is 0 Å². The van der Waals surface area contributed by atoms with Crippen LogP contribution in [0.1, 0.15) is 0 Å². The molecule has 1 aliphatic rings. The topological polar surface area (TPSA) is 12.0 Å². The second kappa shape index (κ2) is 3.26. The Labute approximate surface area is 82.9 Å². The minimum absolute atomic E-state index is 0.205. The molecule has 0 unspecified atom stereocenters. The zero-order valence-corrected chi connectivity index (χ0v) is 8.64. The average molecular weight is 248 g/mol. The number of rotatable bonds is 0. The molecule has 0 saturated carbocycles. The predicted octanol–water partition coefficient (Wildman–Crippen LogP) is 3.11. The van der Waals surface area contributed by atoms with Crippen LogP contribution in [0.4, 0.5) is 10.1 Å². The molecule has 0 aromatic heterocycles. The van der Waals surface area contributed by atoms with E-state index in [2.05, 4.69) is 21.2 Å². The second-order valence-corrected chi connectivity index (χ2v) is 4.53. The molecule has 0 saturated heterocycles. The minimum Gasteiger partial charge on any atom is -0.383 e. The fourth-order valence-corrected chi connectivity index (χ4v) is 2.54. The van der Waals surface area contributed by atoms with E-state index in [1.807, 2.05) is 6.07 Å². The lowest BCUT2D eigenvalue weighted by Gasteiger charge is -2.17. The van der Waals surface area contributed by atoms with Crippen LogP contribution in [0.5, 0.6) is 0 Å². The maximum atomic E-state index is 13.0.